The summed E-state index contributed by atoms with van der Waals surface area (Å²) in [5.74, 6) is -1.61. The number of nitrogens with one attached hydrogen (secondary N) is 1. The van der Waals surface area contributed by atoms with E-state index in [1.165, 1.54) is 23.5 Å². The van der Waals surface area contributed by atoms with Crippen molar-refractivity contribution in [2.24, 2.45) is 5.92 Å². The Balaban J connectivity index is 1.48. The van der Waals surface area contributed by atoms with E-state index in [1.54, 1.807) is 30.3 Å². The number of nitrogens with zero attached hydrogens (tertiary/aromatic N) is 2. The Morgan fingerprint density at radius 3 is 2.42 bits per heavy atom. The largest absolute Gasteiger partial charge is 0.326 e. The smallest absolute Gasteiger partial charge is 0.261 e. The van der Waals surface area contributed by atoms with Crippen LogP contribution in [0.5, 0.6) is 0 Å². The van der Waals surface area contributed by atoms with Crippen LogP contribution in [0.1, 0.15) is 39.1 Å². The van der Waals surface area contributed by atoms with E-state index in [-0.39, 0.29) is 28.8 Å². The molecule has 3 amide bonds. The lowest BCUT2D eigenvalue weighted by molar-refractivity contribution is -0.120. The first-order valence-electron chi connectivity index (χ1n) is 10.0. The third-order valence-electron chi connectivity index (χ3n) is 5.77. The molecule has 0 aliphatic carbocycles. The molecule has 2 aliphatic rings. The quantitative estimate of drug-likeness (QED) is 0.733. The number of benzene rings is 2. The summed E-state index contributed by atoms with van der Waals surface area (Å²) in [6, 6.07) is 11.2. The maximum Gasteiger partial charge on any atom is 0.261 e. The van der Waals surface area contributed by atoms with Crippen LogP contribution in [0.4, 0.5) is 5.69 Å². The minimum atomic E-state index is -3.68. The Hall–Kier alpha value is -3.04. The molecule has 1 fully saturated rings. The van der Waals surface area contributed by atoms with Crippen LogP contribution in [0.15, 0.2) is 47.4 Å². The molecule has 2 aliphatic heterocycles. The molecular formula is C22H23N3O5S. The molecule has 0 aromatic heterocycles. The fraction of sp³-hybridized carbons (Fsp3) is 0.318. The van der Waals surface area contributed by atoms with Crippen LogP contribution >= 0.6 is 0 Å². The second kappa shape index (κ2) is 7.90. The van der Waals surface area contributed by atoms with Crippen molar-refractivity contribution < 1.29 is 22.8 Å². The van der Waals surface area contributed by atoms with Gasteiger partial charge in [0.25, 0.3) is 11.8 Å². The first kappa shape index (κ1) is 21.2. The number of rotatable bonds is 4. The van der Waals surface area contributed by atoms with Crippen LogP contribution in [0.3, 0.4) is 0 Å². The lowest BCUT2D eigenvalue weighted by Gasteiger charge is -2.31. The maximum absolute atomic E-state index is 13.0. The fourth-order valence-corrected chi connectivity index (χ4v) is 5.44. The number of aryl methyl sites for hydroxylation is 1. The molecule has 0 spiro atoms. The number of carbonyl (C=O) groups excluding carboxylic acids is 3. The first-order chi connectivity index (χ1) is 14.7. The van der Waals surface area contributed by atoms with Crippen molar-refractivity contribution in [3.05, 3.63) is 59.2 Å². The number of anilines is 1. The minimum absolute atomic E-state index is 0.0904. The lowest BCUT2D eigenvalue weighted by Crippen LogP contribution is -2.43. The van der Waals surface area contributed by atoms with Gasteiger partial charge in [-0.2, -0.15) is 4.31 Å². The van der Waals surface area contributed by atoms with Crippen LogP contribution in [-0.2, 0) is 14.8 Å². The van der Waals surface area contributed by atoms with Crippen LogP contribution in [-0.4, -0.2) is 55.5 Å². The lowest BCUT2D eigenvalue weighted by atomic mass is 9.98. The van der Waals surface area contributed by atoms with Crippen LogP contribution in [0, 0.1) is 12.8 Å². The first-order valence-corrected chi connectivity index (χ1v) is 11.5. The summed E-state index contributed by atoms with van der Waals surface area (Å²) in [6.07, 6.45) is 1.14. The SMILES string of the molecule is Cc1ccc(S(=O)(=O)N2CCCC(C(=O)Nc3ccc4c(c3)C(=O)N(C)C4=O)C2)cc1. The Kier molecular flexibility index (Phi) is 5.40. The van der Waals surface area contributed by atoms with Crippen molar-refractivity contribution in [1.82, 2.24) is 9.21 Å². The molecule has 2 heterocycles. The van der Waals surface area contributed by atoms with Gasteiger partial charge in [0.05, 0.1) is 21.9 Å². The molecule has 31 heavy (non-hydrogen) atoms. The Morgan fingerprint density at radius 1 is 1.03 bits per heavy atom. The maximum atomic E-state index is 13.0. The van der Waals surface area contributed by atoms with E-state index >= 15 is 0 Å². The van der Waals surface area contributed by atoms with Gasteiger partial charge in [-0.05, 0) is 50.1 Å². The molecule has 8 nitrogen and oxygen atoms in total. The number of hydrogen-bond donors (Lipinski definition) is 1. The molecule has 2 aromatic carbocycles. The Morgan fingerprint density at radius 2 is 1.71 bits per heavy atom. The zero-order valence-corrected chi connectivity index (χ0v) is 18.1. The van der Waals surface area contributed by atoms with Crippen molar-refractivity contribution >= 4 is 33.4 Å². The standard InChI is InChI=1S/C22H23N3O5S/c1-14-5-8-17(9-6-14)31(29,30)25-11-3-4-15(13-25)20(26)23-16-7-10-18-19(12-16)22(28)24(2)21(18)27/h5-10,12,15H,3-4,11,13H2,1-2H3,(H,23,26). The number of piperidine rings is 1. The van der Waals surface area contributed by atoms with Gasteiger partial charge in [0.2, 0.25) is 15.9 Å². The van der Waals surface area contributed by atoms with Crippen molar-refractivity contribution in [2.45, 2.75) is 24.7 Å². The molecule has 1 unspecified atom stereocenters. The Bertz CT molecular complexity index is 1170. The van der Waals surface area contributed by atoms with E-state index < -0.39 is 21.8 Å². The average Bonchev–Trinajstić information content (AvgIpc) is 2.98. The van der Waals surface area contributed by atoms with Crippen molar-refractivity contribution in [1.29, 1.82) is 0 Å². The second-order valence-corrected chi connectivity index (χ2v) is 9.87. The number of sulfonamides is 1. The molecule has 9 heteroatoms. The summed E-state index contributed by atoms with van der Waals surface area (Å²) < 4.78 is 27.3. The number of fused-ring (bicyclic) bond motifs is 1. The molecule has 1 saturated heterocycles. The summed E-state index contributed by atoms with van der Waals surface area (Å²) in [7, 11) is -2.27. The Labute approximate surface area is 180 Å². The molecule has 1 atom stereocenters. The zero-order chi connectivity index (χ0) is 22.3. The highest BCUT2D eigenvalue weighted by atomic mass is 32.2. The summed E-state index contributed by atoms with van der Waals surface area (Å²) in [6.45, 7) is 2.34. The molecule has 4 rings (SSSR count). The second-order valence-electron chi connectivity index (χ2n) is 7.93. The molecule has 162 valence electrons. The van der Waals surface area contributed by atoms with E-state index in [4.69, 9.17) is 0 Å². The van der Waals surface area contributed by atoms with Gasteiger partial charge in [-0.1, -0.05) is 17.7 Å². The van der Waals surface area contributed by atoms with Crippen LogP contribution < -0.4 is 5.32 Å². The summed E-state index contributed by atoms with van der Waals surface area (Å²) in [5, 5.41) is 2.77. The van der Waals surface area contributed by atoms with Gasteiger partial charge in [0, 0.05) is 25.8 Å². The number of amides is 3. The number of carbonyl (C=O) groups is 3. The van der Waals surface area contributed by atoms with E-state index in [0.717, 1.165) is 10.5 Å². The highest BCUT2D eigenvalue weighted by Gasteiger charge is 2.35. The van der Waals surface area contributed by atoms with E-state index in [2.05, 4.69) is 5.32 Å². The van der Waals surface area contributed by atoms with Crippen molar-refractivity contribution in [3.63, 3.8) is 0 Å². The number of hydrogen-bond acceptors (Lipinski definition) is 5. The summed E-state index contributed by atoms with van der Waals surface area (Å²) in [4.78, 5) is 38.3. The third kappa shape index (κ3) is 3.86. The molecule has 0 saturated carbocycles. The van der Waals surface area contributed by atoms with Gasteiger partial charge >= 0.3 is 0 Å². The zero-order valence-electron chi connectivity index (χ0n) is 17.3. The molecule has 0 radical (unpaired) electrons. The van der Waals surface area contributed by atoms with E-state index in [1.807, 2.05) is 6.92 Å². The van der Waals surface area contributed by atoms with Gasteiger partial charge in [0.1, 0.15) is 0 Å². The average molecular weight is 442 g/mol. The minimum Gasteiger partial charge on any atom is -0.326 e. The van der Waals surface area contributed by atoms with Gasteiger partial charge in [-0.3, -0.25) is 19.3 Å². The highest BCUT2D eigenvalue weighted by Crippen LogP contribution is 2.27. The molecule has 1 N–H and O–H groups in total. The highest BCUT2D eigenvalue weighted by molar-refractivity contribution is 7.89. The third-order valence-corrected chi connectivity index (χ3v) is 7.65. The summed E-state index contributed by atoms with van der Waals surface area (Å²) in [5.41, 5.74) is 1.92. The topological polar surface area (TPSA) is 104 Å². The van der Waals surface area contributed by atoms with Gasteiger partial charge < -0.3 is 5.32 Å². The van der Waals surface area contributed by atoms with E-state index in [0.29, 0.717) is 30.6 Å². The van der Waals surface area contributed by atoms with Crippen molar-refractivity contribution in [2.75, 3.05) is 25.5 Å². The van der Waals surface area contributed by atoms with Gasteiger partial charge in [0.15, 0.2) is 0 Å². The fourth-order valence-electron chi connectivity index (χ4n) is 3.92. The molecular weight excluding hydrogens is 418 g/mol. The number of imide groups is 1. The van der Waals surface area contributed by atoms with Crippen molar-refractivity contribution in [3.8, 4) is 0 Å². The van der Waals surface area contributed by atoms with Gasteiger partial charge in [-0.25, -0.2) is 8.42 Å². The van der Waals surface area contributed by atoms with Crippen LogP contribution in [0.2, 0.25) is 0 Å². The monoisotopic (exact) mass is 441 g/mol. The van der Waals surface area contributed by atoms with E-state index in [9.17, 15) is 22.8 Å². The molecule has 2 aromatic rings. The predicted octanol–water partition coefficient (Wildman–Crippen LogP) is 2.26. The van der Waals surface area contributed by atoms with Crippen LogP contribution in [0.25, 0.3) is 0 Å². The molecule has 0 bridgehead atoms. The van der Waals surface area contributed by atoms with Gasteiger partial charge in [-0.15, -0.1) is 0 Å². The summed E-state index contributed by atoms with van der Waals surface area (Å²) >= 11 is 0. The normalized spacial score (nSPS) is 19.4. The predicted molar refractivity (Wildman–Crippen MR) is 114 cm³/mol.